The van der Waals surface area contributed by atoms with E-state index < -0.39 is 5.97 Å². The van der Waals surface area contributed by atoms with Gasteiger partial charge >= 0.3 is 5.97 Å². The highest BCUT2D eigenvalue weighted by molar-refractivity contribution is 7.11. The Morgan fingerprint density at radius 1 is 1.07 bits per heavy atom. The van der Waals surface area contributed by atoms with Crippen molar-refractivity contribution in [2.45, 2.75) is 6.92 Å². The predicted octanol–water partition coefficient (Wildman–Crippen LogP) is 4.62. The molecule has 1 aromatic heterocycles. The number of benzene rings is 2. The van der Waals surface area contributed by atoms with Crippen LogP contribution in [0.15, 0.2) is 53.6 Å². The summed E-state index contributed by atoms with van der Waals surface area (Å²) in [6, 6.07) is 11.5. The van der Waals surface area contributed by atoms with Crippen molar-refractivity contribution in [3.63, 3.8) is 0 Å². The van der Waals surface area contributed by atoms with Crippen molar-refractivity contribution >= 4 is 29.2 Å². The maximum Gasteiger partial charge on any atom is 0.343 e. The highest BCUT2D eigenvalue weighted by Crippen LogP contribution is 2.36. The van der Waals surface area contributed by atoms with Crippen LogP contribution in [-0.4, -0.2) is 18.5 Å². The third kappa shape index (κ3) is 3.15. The van der Waals surface area contributed by atoms with Crippen LogP contribution in [0, 0.1) is 6.92 Å². The molecule has 0 spiro atoms. The van der Waals surface area contributed by atoms with Gasteiger partial charge in [-0.15, -0.1) is 11.3 Å². The molecule has 0 saturated heterocycles. The molecule has 2 aromatic carbocycles. The molecule has 0 unspecified atom stereocenters. The number of hydrogen-bond donors (Lipinski definition) is 0. The SMILES string of the molecule is Cc1ccsc1C=C1Oc2cc(OC(=O)c3ccc4c(c3)OCO4)ccc2C1=O. The smallest absolute Gasteiger partial charge is 0.343 e. The van der Waals surface area contributed by atoms with Gasteiger partial charge in [0, 0.05) is 17.0 Å². The molecule has 144 valence electrons. The number of ether oxygens (including phenoxy) is 4. The molecule has 0 radical (unpaired) electrons. The molecule has 2 aliphatic heterocycles. The Morgan fingerprint density at radius 3 is 2.76 bits per heavy atom. The Kier molecular flexibility index (Phi) is 4.10. The zero-order chi connectivity index (χ0) is 20.0. The van der Waals surface area contributed by atoms with Crippen LogP contribution in [0.5, 0.6) is 23.0 Å². The number of rotatable bonds is 3. The van der Waals surface area contributed by atoms with Gasteiger partial charge in [0.2, 0.25) is 12.6 Å². The molecule has 5 rings (SSSR count). The lowest BCUT2D eigenvalue weighted by atomic mass is 10.1. The second-order valence-corrected chi connectivity index (χ2v) is 7.47. The van der Waals surface area contributed by atoms with Gasteiger partial charge in [-0.05, 0) is 54.3 Å². The fraction of sp³-hybridized carbons (Fsp3) is 0.0909. The van der Waals surface area contributed by atoms with Crippen LogP contribution < -0.4 is 18.9 Å². The summed E-state index contributed by atoms with van der Waals surface area (Å²) >= 11 is 1.54. The Morgan fingerprint density at radius 2 is 1.93 bits per heavy atom. The quantitative estimate of drug-likeness (QED) is 0.359. The van der Waals surface area contributed by atoms with Gasteiger partial charge in [-0.25, -0.2) is 4.79 Å². The molecule has 6 nitrogen and oxygen atoms in total. The number of carbonyl (C=O) groups is 2. The topological polar surface area (TPSA) is 71.1 Å². The van der Waals surface area contributed by atoms with E-state index in [2.05, 4.69) is 0 Å². The van der Waals surface area contributed by atoms with Gasteiger partial charge in [-0.2, -0.15) is 0 Å². The largest absolute Gasteiger partial charge is 0.454 e. The molecule has 3 aromatic rings. The molecule has 0 N–H and O–H groups in total. The molecule has 3 heterocycles. The van der Waals surface area contributed by atoms with Crippen LogP contribution in [0.2, 0.25) is 0 Å². The fourth-order valence-corrected chi connectivity index (χ4v) is 3.92. The van der Waals surface area contributed by atoms with Gasteiger partial charge in [0.25, 0.3) is 0 Å². The van der Waals surface area contributed by atoms with Crippen LogP contribution in [0.1, 0.15) is 31.2 Å². The average Bonchev–Trinajstić information content (AvgIpc) is 3.42. The maximum absolute atomic E-state index is 12.6. The summed E-state index contributed by atoms with van der Waals surface area (Å²) in [6.45, 7) is 2.11. The number of aryl methyl sites for hydroxylation is 1. The Hall–Kier alpha value is -3.58. The first-order valence-corrected chi connectivity index (χ1v) is 9.71. The molecule has 0 amide bonds. The fourth-order valence-electron chi connectivity index (χ4n) is 3.07. The monoisotopic (exact) mass is 406 g/mol. The number of fused-ring (bicyclic) bond motifs is 2. The van der Waals surface area contributed by atoms with Crippen molar-refractivity contribution in [3.8, 4) is 23.0 Å². The Bertz CT molecular complexity index is 1190. The zero-order valence-electron chi connectivity index (χ0n) is 15.3. The van der Waals surface area contributed by atoms with Crippen LogP contribution in [0.3, 0.4) is 0 Å². The van der Waals surface area contributed by atoms with Gasteiger partial charge in [-0.3, -0.25) is 4.79 Å². The van der Waals surface area contributed by atoms with E-state index in [0.29, 0.717) is 28.4 Å². The number of carbonyl (C=O) groups excluding carboxylic acids is 2. The number of hydrogen-bond acceptors (Lipinski definition) is 7. The number of ketones is 1. The minimum atomic E-state index is -0.544. The molecule has 0 fully saturated rings. The molecule has 29 heavy (non-hydrogen) atoms. The summed E-state index contributed by atoms with van der Waals surface area (Å²) in [5.41, 5.74) is 1.85. The average molecular weight is 406 g/mol. The van der Waals surface area contributed by atoms with E-state index in [9.17, 15) is 9.59 Å². The van der Waals surface area contributed by atoms with E-state index in [-0.39, 0.29) is 24.1 Å². The Balaban J connectivity index is 1.36. The first-order chi connectivity index (χ1) is 14.1. The second-order valence-electron chi connectivity index (χ2n) is 6.52. The van der Waals surface area contributed by atoms with E-state index in [0.717, 1.165) is 10.4 Å². The van der Waals surface area contributed by atoms with Gasteiger partial charge in [0.05, 0.1) is 11.1 Å². The molecular formula is C22H14O6S. The lowest BCUT2D eigenvalue weighted by Gasteiger charge is -2.06. The van der Waals surface area contributed by atoms with Crippen LogP contribution in [0.25, 0.3) is 6.08 Å². The zero-order valence-corrected chi connectivity index (χ0v) is 16.1. The summed E-state index contributed by atoms with van der Waals surface area (Å²) in [4.78, 5) is 26.0. The van der Waals surface area contributed by atoms with Gasteiger partial charge in [0.15, 0.2) is 17.3 Å². The number of esters is 1. The second kappa shape index (κ2) is 6.79. The van der Waals surface area contributed by atoms with E-state index in [1.165, 1.54) is 11.3 Å². The normalized spacial score (nSPS) is 15.3. The van der Waals surface area contributed by atoms with Gasteiger partial charge in [-0.1, -0.05) is 0 Å². The molecule has 0 saturated carbocycles. The summed E-state index contributed by atoms with van der Waals surface area (Å²) in [5.74, 6) is 1.26. The summed E-state index contributed by atoms with van der Waals surface area (Å²) < 4.78 is 21.7. The molecular weight excluding hydrogens is 392 g/mol. The highest BCUT2D eigenvalue weighted by Gasteiger charge is 2.28. The summed E-state index contributed by atoms with van der Waals surface area (Å²) in [6.07, 6.45) is 1.74. The van der Waals surface area contributed by atoms with Crippen LogP contribution >= 0.6 is 11.3 Å². The molecule has 7 heteroatoms. The summed E-state index contributed by atoms with van der Waals surface area (Å²) in [7, 11) is 0. The third-order valence-electron chi connectivity index (χ3n) is 4.62. The standard InChI is InChI=1S/C22H14O6S/c1-12-6-7-29-20(12)10-19-21(23)15-4-3-14(9-17(15)28-19)27-22(24)13-2-5-16-18(8-13)26-11-25-16/h2-10H,11H2,1H3. The maximum atomic E-state index is 12.6. The van der Waals surface area contributed by atoms with E-state index in [1.54, 1.807) is 42.5 Å². The molecule has 0 bridgehead atoms. The lowest BCUT2D eigenvalue weighted by Crippen LogP contribution is -2.08. The van der Waals surface area contributed by atoms with Gasteiger partial charge in [0.1, 0.15) is 11.5 Å². The molecule has 0 atom stereocenters. The third-order valence-corrected chi connectivity index (χ3v) is 5.59. The Labute approximate surface area is 169 Å². The van der Waals surface area contributed by atoms with Crippen molar-refractivity contribution in [1.29, 1.82) is 0 Å². The number of Topliss-reactive ketones (excluding diaryl/α,β-unsaturated/α-hetero) is 1. The lowest BCUT2D eigenvalue weighted by molar-refractivity contribution is 0.0734. The van der Waals surface area contributed by atoms with Crippen LogP contribution in [-0.2, 0) is 0 Å². The van der Waals surface area contributed by atoms with Crippen molar-refractivity contribution in [1.82, 2.24) is 0 Å². The number of allylic oxidation sites excluding steroid dienone is 1. The first kappa shape index (κ1) is 17.5. The van der Waals surface area contributed by atoms with Crippen molar-refractivity contribution < 1.29 is 28.5 Å². The van der Waals surface area contributed by atoms with Gasteiger partial charge < -0.3 is 18.9 Å². The predicted molar refractivity (Wildman–Crippen MR) is 106 cm³/mol. The molecule has 0 aliphatic carbocycles. The minimum absolute atomic E-state index is 0.130. The van der Waals surface area contributed by atoms with Crippen molar-refractivity contribution in [3.05, 3.63) is 75.2 Å². The first-order valence-electron chi connectivity index (χ1n) is 8.83. The van der Waals surface area contributed by atoms with Crippen molar-refractivity contribution in [2.75, 3.05) is 6.79 Å². The van der Waals surface area contributed by atoms with E-state index in [4.69, 9.17) is 18.9 Å². The number of thiophene rings is 1. The molecule has 2 aliphatic rings. The highest BCUT2D eigenvalue weighted by atomic mass is 32.1. The van der Waals surface area contributed by atoms with Crippen LogP contribution in [0.4, 0.5) is 0 Å². The van der Waals surface area contributed by atoms with E-state index in [1.807, 2.05) is 18.4 Å². The van der Waals surface area contributed by atoms with E-state index >= 15 is 0 Å². The minimum Gasteiger partial charge on any atom is -0.454 e. The summed E-state index contributed by atoms with van der Waals surface area (Å²) in [5, 5.41) is 1.96. The van der Waals surface area contributed by atoms with Crippen molar-refractivity contribution in [2.24, 2.45) is 0 Å².